The molecule has 0 radical (unpaired) electrons. The summed E-state index contributed by atoms with van der Waals surface area (Å²) in [6.07, 6.45) is 10.5. The molecule has 2 nitrogen and oxygen atoms in total. The van der Waals surface area contributed by atoms with Gasteiger partial charge in [0.25, 0.3) is 0 Å². The molecule has 1 aromatic carbocycles. The molecule has 22 heavy (non-hydrogen) atoms. The van der Waals surface area contributed by atoms with Crippen LogP contribution < -0.4 is 5.32 Å². The molecule has 2 saturated carbocycles. The fraction of sp³-hybridized carbons (Fsp3) is 0.632. The van der Waals surface area contributed by atoms with Crippen molar-refractivity contribution < 1.29 is 9.18 Å². The summed E-state index contributed by atoms with van der Waals surface area (Å²) in [6.45, 7) is 0.697. The lowest BCUT2D eigenvalue weighted by Crippen LogP contribution is -2.32. The second-order valence-electron chi connectivity index (χ2n) is 7.11. The maximum absolute atomic E-state index is 13.0. The number of nitrogens with one attached hydrogen (secondary N) is 1. The van der Waals surface area contributed by atoms with Gasteiger partial charge in [0.2, 0.25) is 5.91 Å². The summed E-state index contributed by atoms with van der Waals surface area (Å²) in [4.78, 5) is 12.1. The molecule has 3 rings (SSSR count). The van der Waals surface area contributed by atoms with E-state index in [4.69, 9.17) is 0 Å². The summed E-state index contributed by atoms with van der Waals surface area (Å²) >= 11 is 0. The Bertz CT molecular complexity index is 501. The normalized spacial score (nSPS) is 20.6. The number of rotatable bonds is 6. The van der Waals surface area contributed by atoms with Gasteiger partial charge in [-0.3, -0.25) is 4.79 Å². The molecule has 2 aliphatic rings. The molecule has 120 valence electrons. The third kappa shape index (κ3) is 3.88. The summed E-state index contributed by atoms with van der Waals surface area (Å²) in [5.41, 5.74) is 1.22. The second-order valence-corrected chi connectivity index (χ2v) is 7.11. The summed E-state index contributed by atoms with van der Waals surface area (Å²) in [7, 11) is 0. The minimum absolute atomic E-state index is 0.0637. The zero-order valence-electron chi connectivity index (χ0n) is 13.2. The van der Waals surface area contributed by atoms with Crippen LogP contribution in [0.25, 0.3) is 0 Å². The van der Waals surface area contributed by atoms with Gasteiger partial charge in [-0.1, -0.05) is 44.2 Å². The standard InChI is InChI=1S/C19H26FNO/c20-17-9-7-16(8-10-17)19(12-13-19)14-21-18(22)11-6-15-4-2-1-3-5-15/h7-10,15H,1-6,11-14H2,(H,21,22). The van der Waals surface area contributed by atoms with E-state index in [0.29, 0.717) is 13.0 Å². The lowest BCUT2D eigenvalue weighted by Gasteiger charge is -2.21. The molecule has 1 amide bonds. The van der Waals surface area contributed by atoms with Gasteiger partial charge in [-0.05, 0) is 42.9 Å². The summed E-state index contributed by atoms with van der Waals surface area (Å²) < 4.78 is 13.0. The lowest BCUT2D eigenvalue weighted by atomic mass is 9.86. The van der Waals surface area contributed by atoms with E-state index in [2.05, 4.69) is 5.32 Å². The predicted octanol–water partition coefficient (Wildman–Crippen LogP) is 4.33. The van der Waals surface area contributed by atoms with Crippen molar-refractivity contribution in [2.75, 3.05) is 6.54 Å². The minimum Gasteiger partial charge on any atom is -0.355 e. The first-order valence-corrected chi connectivity index (χ1v) is 8.71. The Morgan fingerprint density at radius 1 is 1.14 bits per heavy atom. The van der Waals surface area contributed by atoms with Gasteiger partial charge in [0, 0.05) is 18.4 Å². The Morgan fingerprint density at radius 3 is 2.45 bits per heavy atom. The van der Waals surface area contributed by atoms with E-state index in [-0.39, 0.29) is 17.1 Å². The van der Waals surface area contributed by atoms with Crippen molar-refractivity contribution in [3.05, 3.63) is 35.6 Å². The van der Waals surface area contributed by atoms with Gasteiger partial charge < -0.3 is 5.32 Å². The number of hydrogen-bond donors (Lipinski definition) is 1. The molecule has 2 aliphatic carbocycles. The highest BCUT2D eigenvalue weighted by atomic mass is 19.1. The third-order valence-corrected chi connectivity index (χ3v) is 5.44. The van der Waals surface area contributed by atoms with Crippen LogP contribution in [0, 0.1) is 11.7 Å². The van der Waals surface area contributed by atoms with Gasteiger partial charge in [0.1, 0.15) is 5.82 Å². The topological polar surface area (TPSA) is 29.1 Å². The van der Waals surface area contributed by atoms with E-state index in [1.54, 1.807) is 0 Å². The number of halogens is 1. The van der Waals surface area contributed by atoms with Crippen molar-refractivity contribution in [3.8, 4) is 0 Å². The van der Waals surface area contributed by atoms with Crippen LogP contribution in [0.2, 0.25) is 0 Å². The van der Waals surface area contributed by atoms with Gasteiger partial charge in [-0.2, -0.15) is 0 Å². The van der Waals surface area contributed by atoms with Crippen LogP contribution >= 0.6 is 0 Å². The molecule has 0 bridgehead atoms. The Balaban J connectivity index is 1.43. The van der Waals surface area contributed by atoms with E-state index >= 15 is 0 Å². The quantitative estimate of drug-likeness (QED) is 0.832. The number of hydrogen-bond acceptors (Lipinski definition) is 1. The molecule has 0 unspecified atom stereocenters. The summed E-state index contributed by atoms with van der Waals surface area (Å²) in [5.74, 6) is 0.738. The Kier molecular flexibility index (Phi) is 4.80. The predicted molar refractivity (Wildman–Crippen MR) is 86.1 cm³/mol. The van der Waals surface area contributed by atoms with E-state index in [1.807, 2.05) is 12.1 Å². The van der Waals surface area contributed by atoms with Crippen molar-refractivity contribution in [2.24, 2.45) is 5.92 Å². The Morgan fingerprint density at radius 2 is 1.82 bits per heavy atom. The first-order valence-electron chi connectivity index (χ1n) is 8.71. The van der Waals surface area contributed by atoms with Crippen LogP contribution in [0.5, 0.6) is 0 Å². The smallest absolute Gasteiger partial charge is 0.220 e. The fourth-order valence-electron chi connectivity index (χ4n) is 3.69. The summed E-state index contributed by atoms with van der Waals surface area (Å²) in [5, 5.41) is 3.11. The molecule has 2 fully saturated rings. The van der Waals surface area contributed by atoms with Crippen molar-refractivity contribution in [1.29, 1.82) is 0 Å². The Hall–Kier alpha value is -1.38. The SMILES string of the molecule is O=C(CCC1CCCCC1)NCC1(c2ccc(F)cc2)CC1. The van der Waals surface area contributed by atoms with Gasteiger partial charge >= 0.3 is 0 Å². The molecule has 0 saturated heterocycles. The van der Waals surface area contributed by atoms with E-state index in [0.717, 1.165) is 30.7 Å². The van der Waals surface area contributed by atoms with E-state index in [1.165, 1.54) is 44.2 Å². The van der Waals surface area contributed by atoms with E-state index < -0.39 is 0 Å². The molecule has 0 aromatic heterocycles. The monoisotopic (exact) mass is 303 g/mol. The van der Waals surface area contributed by atoms with Crippen molar-refractivity contribution in [3.63, 3.8) is 0 Å². The number of carbonyl (C=O) groups excluding carboxylic acids is 1. The van der Waals surface area contributed by atoms with Crippen LogP contribution in [0.3, 0.4) is 0 Å². The first kappa shape index (κ1) is 15.5. The third-order valence-electron chi connectivity index (χ3n) is 5.44. The zero-order valence-corrected chi connectivity index (χ0v) is 13.2. The van der Waals surface area contributed by atoms with Crippen LogP contribution in [0.4, 0.5) is 4.39 Å². The minimum atomic E-state index is -0.198. The highest BCUT2D eigenvalue weighted by molar-refractivity contribution is 5.76. The molecule has 0 atom stereocenters. The number of carbonyl (C=O) groups is 1. The molecular weight excluding hydrogens is 277 g/mol. The highest BCUT2D eigenvalue weighted by Crippen LogP contribution is 2.47. The molecule has 1 N–H and O–H groups in total. The highest BCUT2D eigenvalue weighted by Gasteiger charge is 2.44. The van der Waals surface area contributed by atoms with Gasteiger partial charge in [-0.25, -0.2) is 4.39 Å². The molecular formula is C19H26FNO. The first-order chi connectivity index (χ1) is 10.7. The van der Waals surface area contributed by atoms with Crippen LogP contribution in [-0.2, 0) is 10.2 Å². The van der Waals surface area contributed by atoms with Crippen LogP contribution in [0.15, 0.2) is 24.3 Å². The average Bonchev–Trinajstić information content (AvgIpc) is 3.34. The van der Waals surface area contributed by atoms with Crippen molar-refractivity contribution in [1.82, 2.24) is 5.32 Å². The van der Waals surface area contributed by atoms with Gasteiger partial charge in [0.15, 0.2) is 0 Å². The van der Waals surface area contributed by atoms with Crippen molar-refractivity contribution >= 4 is 5.91 Å². The van der Waals surface area contributed by atoms with Crippen LogP contribution in [-0.4, -0.2) is 12.5 Å². The van der Waals surface area contributed by atoms with Crippen LogP contribution in [0.1, 0.15) is 63.4 Å². The van der Waals surface area contributed by atoms with E-state index in [9.17, 15) is 9.18 Å². The number of amides is 1. The maximum Gasteiger partial charge on any atom is 0.220 e. The van der Waals surface area contributed by atoms with Gasteiger partial charge in [0.05, 0.1) is 0 Å². The molecule has 0 aliphatic heterocycles. The van der Waals surface area contributed by atoms with Crippen molar-refractivity contribution in [2.45, 2.75) is 63.2 Å². The molecule has 0 spiro atoms. The molecule has 0 heterocycles. The largest absolute Gasteiger partial charge is 0.355 e. The average molecular weight is 303 g/mol. The molecule has 3 heteroatoms. The second kappa shape index (κ2) is 6.80. The molecule has 1 aromatic rings. The summed E-state index contributed by atoms with van der Waals surface area (Å²) in [6, 6.07) is 6.74. The Labute approximate surface area is 132 Å². The van der Waals surface area contributed by atoms with Gasteiger partial charge in [-0.15, -0.1) is 0 Å². The number of benzene rings is 1. The fourth-order valence-corrected chi connectivity index (χ4v) is 3.69. The zero-order chi connectivity index (χ0) is 15.4. The maximum atomic E-state index is 13.0. The lowest BCUT2D eigenvalue weighted by molar-refractivity contribution is -0.121.